The predicted molar refractivity (Wildman–Crippen MR) is 62.0 cm³/mol. The minimum absolute atomic E-state index is 0.117. The Labute approximate surface area is 93.4 Å². The first-order chi connectivity index (χ1) is 7.27. The van der Waals surface area contributed by atoms with E-state index in [1.807, 2.05) is 6.92 Å². The van der Waals surface area contributed by atoms with Crippen molar-refractivity contribution in [2.75, 3.05) is 26.3 Å². The van der Waals surface area contributed by atoms with Gasteiger partial charge in [-0.2, -0.15) is 0 Å². The molecule has 0 bridgehead atoms. The zero-order chi connectivity index (χ0) is 11.1. The van der Waals surface area contributed by atoms with Crippen LogP contribution in [0, 0.1) is 0 Å². The maximum absolute atomic E-state index is 9.64. The first-order valence-corrected chi connectivity index (χ1v) is 6.27. The zero-order valence-corrected chi connectivity index (χ0v) is 10.1. The van der Waals surface area contributed by atoms with E-state index in [9.17, 15) is 5.11 Å². The van der Waals surface area contributed by atoms with Crippen LogP contribution in [0.15, 0.2) is 0 Å². The summed E-state index contributed by atoms with van der Waals surface area (Å²) in [5, 5.41) is 9.64. The van der Waals surface area contributed by atoms with Crippen molar-refractivity contribution < 1.29 is 9.84 Å². The molecule has 0 aromatic carbocycles. The summed E-state index contributed by atoms with van der Waals surface area (Å²) in [4.78, 5) is 2.38. The molecule has 2 unspecified atom stereocenters. The number of rotatable bonds is 7. The number of likely N-dealkylation sites (tertiary alicyclic amines) is 1. The molecule has 1 fully saturated rings. The third-order valence-corrected chi connectivity index (χ3v) is 3.12. The highest BCUT2D eigenvalue weighted by Crippen LogP contribution is 2.21. The number of aliphatic hydroxyl groups is 1. The number of β-amino-alcohol motifs (C(OH)–C–C–N with tert-alkyl or cyclic N) is 1. The van der Waals surface area contributed by atoms with E-state index in [0.29, 0.717) is 6.04 Å². The minimum atomic E-state index is -0.117. The molecular weight excluding hydrogens is 190 g/mol. The van der Waals surface area contributed by atoms with Crippen molar-refractivity contribution in [2.45, 2.75) is 51.7 Å². The Balaban J connectivity index is 2.25. The quantitative estimate of drug-likeness (QED) is 0.655. The van der Waals surface area contributed by atoms with Crippen LogP contribution in [0.1, 0.15) is 39.5 Å². The summed E-state index contributed by atoms with van der Waals surface area (Å²) in [6.07, 6.45) is 4.56. The van der Waals surface area contributed by atoms with Crippen molar-refractivity contribution in [3.63, 3.8) is 0 Å². The van der Waals surface area contributed by atoms with Gasteiger partial charge in [0.15, 0.2) is 0 Å². The summed E-state index contributed by atoms with van der Waals surface area (Å²) < 4.78 is 5.36. The van der Waals surface area contributed by atoms with Gasteiger partial charge in [0, 0.05) is 25.7 Å². The van der Waals surface area contributed by atoms with Crippen LogP contribution in [-0.2, 0) is 4.74 Å². The molecule has 2 atom stereocenters. The number of ether oxygens (including phenoxy) is 1. The molecule has 0 saturated carbocycles. The summed E-state index contributed by atoms with van der Waals surface area (Å²) in [5.74, 6) is 0. The van der Waals surface area contributed by atoms with Gasteiger partial charge in [-0.3, -0.25) is 4.90 Å². The Morgan fingerprint density at radius 2 is 2.20 bits per heavy atom. The number of nitrogens with zero attached hydrogens (tertiary/aromatic N) is 1. The monoisotopic (exact) mass is 215 g/mol. The summed E-state index contributed by atoms with van der Waals surface area (Å²) in [6.45, 7) is 7.63. The Morgan fingerprint density at radius 3 is 2.87 bits per heavy atom. The molecule has 90 valence electrons. The van der Waals surface area contributed by atoms with Crippen LogP contribution in [0.25, 0.3) is 0 Å². The molecule has 1 saturated heterocycles. The highest BCUT2D eigenvalue weighted by Gasteiger charge is 2.29. The second kappa shape index (κ2) is 7.20. The van der Waals surface area contributed by atoms with Crippen molar-refractivity contribution in [3.8, 4) is 0 Å². The van der Waals surface area contributed by atoms with Gasteiger partial charge in [-0.25, -0.2) is 0 Å². The largest absolute Gasteiger partial charge is 0.392 e. The van der Waals surface area contributed by atoms with Crippen molar-refractivity contribution in [1.82, 2.24) is 4.90 Å². The molecule has 1 aliphatic rings. The van der Waals surface area contributed by atoms with Crippen LogP contribution in [0.3, 0.4) is 0 Å². The molecule has 1 rings (SSSR count). The average Bonchev–Trinajstić information content (AvgIpc) is 2.56. The zero-order valence-electron chi connectivity index (χ0n) is 10.1. The lowest BCUT2D eigenvalue weighted by atomic mass is 10.1. The maximum atomic E-state index is 9.64. The van der Waals surface area contributed by atoms with E-state index in [1.54, 1.807) is 0 Å². The van der Waals surface area contributed by atoms with Crippen LogP contribution in [0.2, 0.25) is 0 Å². The number of hydrogen-bond donors (Lipinski definition) is 1. The molecule has 0 radical (unpaired) electrons. The molecule has 0 aromatic rings. The Hall–Kier alpha value is -0.120. The Bertz CT molecular complexity index is 164. The molecule has 0 aromatic heterocycles. The van der Waals surface area contributed by atoms with Gasteiger partial charge in [0.2, 0.25) is 0 Å². The first-order valence-electron chi connectivity index (χ1n) is 6.27. The van der Waals surface area contributed by atoms with Crippen LogP contribution in [-0.4, -0.2) is 48.5 Å². The SMILES string of the molecule is CCCCC1CC(O)CN1CCOCC. The molecule has 3 heteroatoms. The van der Waals surface area contributed by atoms with Gasteiger partial charge >= 0.3 is 0 Å². The number of aliphatic hydroxyl groups excluding tert-OH is 1. The molecule has 1 aliphatic heterocycles. The highest BCUT2D eigenvalue weighted by atomic mass is 16.5. The van der Waals surface area contributed by atoms with Gasteiger partial charge in [0.05, 0.1) is 12.7 Å². The Kier molecular flexibility index (Phi) is 6.22. The highest BCUT2D eigenvalue weighted by molar-refractivity contribution is 4.84. The second-order valence-electron chi connectivity index (χ2n) is 4.38. The number of hydrogen-bond acceptors (Lipinski definition) is 3. The fraction of sp³-hybridized carbons (Fsp3) is 1.00. The van der Waals surface area contributed by atoms with Crippen molar-refractivity contribution >= 4 is 0 Å². The second-order valence-corrected chi connectivity index (χ2v) is 4.38. The van der Waals surface area contributed by atoms with Gasteiger partial charge in [0.25, 0.3) is 0 Å². The molecular formula is C12H25NO2. The molecule has 0 aliphatic carbocycles. The minimum Gasteiger partial charge on any atom is -0.392 e. The van der Waals surface area contributed by atoms with E-state index in [2.05, 4.69) is 11.8 Å². The van der Waals surface area contributed by atoms with Gasteiger partial charge in [-0.1, -0.05) is 19.8 Å². The van der Waals surface area contributed by atoms with Crippen LogP contribution >= 0.6 is 0 Å². The van der Waals surface area contributed by atoms with Gasteiger partial charge in [-0.15, -0.1) is 0 Å². The van der Waals surface area contributed by atoms with E-state index in [4.69, 9.17) is 4.74 Å². The summed E-state index contributed by atoms with van der Waals surface area (Å²) in [7, 11) is 0. The van der Waals surface area contributed by atoms with Gasteiger partial charge < -0.3 is 9.84 Å². The predicted octanol–water partition coefficient (Wildman–Crippen LogP) is 1.65. The maximum Gasteiger partial charge on any atom is 0.0682 e. The van der Waals surface area contributed by atoms with Crippen molar-refractivity contribution in [1.29, 1.82) is 0 Å². The molecule has 1 N–H and O–H groups in total. The topological polar surface area (TPSA) is 32.7 Å². The summed E-state index contributed by atoms with van der Waals surface area (Å²) in [5.41, 5.74) is 0. The average molecular weight is 215 g/mol. The standard InChI is InChI=1S/C12H25NO2/c1-3-5-6-11-9-12(14)10-13(11)7-8-15-4-2/h11-12,14H,3-10H2,1-2H3. The molecule has 15 heavy (non-hydrogen) atoms. The smallest absolute Gasteiger partial charge is 0.0682 e. The van der Waals surface area contributed by atoms with E-state index in [1.165, 1.54) is 19.3 Å². The molecule has 3 nitrogen and oxygen atoms in total. The van der Waals surface area contributed by atoms with E-state index >= 15 is 0 Å². The Morgan fingerprint density at radius 1 is 1.40 bits per heavy atom. The first kappa shape index (κ1) is 12.9. The van der Waals surface area contributed by atoms with E-state index in [-0.39, 0.29) is 6.10 Å². The summed E-state index contributed by atoms with van der Waals surface area (Å²) in [6, 6.07) is 0.584. The molecule has 1 heterocycles. The third-order valence-electron chi connectivity index (χ3n) is 3.12. The van der Waals surface area contributed by atoms with Crippen molar-refractivity contribution in [3.05, 3.63) is 0 Å². The van der Waals surface area contributed by atoms with Gasteiger partial charge in [-0.05, 0) is 19.8 Å². The van der Waals surface area contributed by atoms with Crippen LogP contribution in [0.4, 0.5) is 0 Å². The lowest BCUT2D eigenvalue weighted by Gasteiger charge is -2.23. The third kappa shape index (κ3) is 4.49. The fourth-order valence-electron chi connectivity index (χ4n) is 2.30. The van der Waals surface area contributed by atoms with Gasteiger partial charge in [0.1, 0.15) is 0 Å². The lowest BCUT2D eigenvalue weighted by molar-refractivity contribution is 0.101. The van der Waals surface area contributed by atoms with Crippen LogP contribution < -0.4 is 0 Å². The van der Waals surface area contributed by atoms with E-state index in [0.717, 1.165) is 32.7 Å². The molecule has 0 spiro atoms. The fourth-order valence-corrected chi connectivity index (χ4v) is 2.30. The summed E-state index contributed by atoms with van der Waals surface area (Å²) >= 11 is 0. The normalized spacial score (nSPS) is 27.4. The van der Waals surface area contributed by atoms with E-state index < -0.39 is 0 Å². The molecule has 0 amide bonds. The number of unbranched alkanes of at least 4 members (excludes halogenated alkanes) is 1. The lowest BCUT2D eigenvalue weighted by Crippen LogP contribution is -2.33. The van der Waals surface area contributed by atoms with Crippen molar-refractivity contribution in [2.24, 2.45) is 0 Å². The van der Waals surface area contributed by atoms with Crippen LogP contribution in [0.5, 0.6) is 0 Å².